The van der Waals surface area contributed by atoms with E-state index in [0.29, 0.717) is 67.6 Å². The molecular weight excluding hydrogens is 444 g/mol. The molecule has 0 N–H and O–H groups in total. The van der Waals surface area contributed by atoms with E-state index in [9.17, 15) is 4.79 Å². The van der Waals surface area contributed by atoms with Gasteiger partial charge < -0.3 is 18.9 Å². The maximum absolute atomic E-state index is 11.8. The smallest absolute Gasteiger partial charge is 0.159 e. The van der Waals surface area contributed by atoms with Crippen molar-refractivity contribution in [3.8, 4) is 23.7 Å². The fraction of sp³-hybridized carbons (Fsp3) is 0.536. The first kappa shape index (κ1) is 28.4. The van der Waals surface area contributed by atoms with Crippen LogP contribution in [0.25, 0.3) is 11.0 Å². The molecule has 0 aliphatic rings. The molecule has 7 nitrogen and oxygen atoms in total. The van der Waals surface area contributed by atoms with Crippen molar-refractivity contribution >= 4 is 16.8 Å². The highest BCUT2D eigenvalue weighted by atomic mass is 16.5. The van der Waals surface area contributed by atoms with Crippen LogP contribution in [0.5, 0.6) is 0 Å². The van der Waals surface area contributed by atoms with Crippen molar-refractivity contribution in [3.05, 3.63) is 35.2 Å². The summed E-state index contributed by atoms with van der Waals surface area (Å²) in [6.45, 7) is 12.7. The van der Waals surface area contributed by atoms with Crippen molar-refractivity contribution in [1.29, 1.82) is 0 Å². The van der Waals surface area contributed by atoms with E-state index in [4.69, 9.17) is 28.9 Å². The van der Waals surface area contributed by atoms with E-state index >= 15 is 0 Å². The molecule has 0 radical (unpaired) electrons. The molecule has 0 aliphatic carbocycles. The van der Waals surface area contributed by atoms with Crippen molar-refractivity contribution < 1.29 is 23.7 Å². The standard InChI is InChI=1S/C28H36N2O5/c1-6-23(34-18-16-32-8-3)11-14-25-26(15-12-24(7-2)35-19-17-33-9-4)30-28-20-22(21(5)31)10-13-27(28)29-25/h10,13,20,23-24H,6-9,16-19H2,1-5H3/t23-,24-/m0/s1. The van der Waals surface area contributed by atoms with Gasteiger partial charge in [-0.2, -0.15) is 0 Å². The molecule has 0 saturated heterocycles. The van der Waals surface area contributed by atoms with Crippen molar-refractivity contribution in [2.75, 3.05) is 39.6 Å². The van der Waals surface area contributed by atoms with Gasteiger partial charge in [-0.15, -0.1) is 0 Å². The van der Waals surface area contributed by atoms with Gasteiger partial charge >= 0.3 is 0 Å². The highest BCUT2D eigenvalue weighted by molar-refractivity contribution is 5.97. The second-order valence-corrected chi connectivity index (χ2v) is 7.65. The van der Waals surface area contributed by atoms with E-state index in [1.165, 1.54) is 6.92 Å². The van der Waals surface area contributed by atoms with Crippen LogP contribution in [-0.2, 0) is 18.9 Å². The molecule has 2 aromatic rings. The highest BCUT2D eigenvalue weighted by Crippen LogP contribution is 2.15. The number of carbonyl (C=O) groups is 1. The van der Waals surface area contributed by atoms with Gasteiger partial charge in [-0.05, 0) is 63.7 Å². The number of hydrogen-bond acceptors (Lipinski definition) is 7. The Morgan fingerprint density at radius 2 is 1.31 bits per heavy atom. The molecule has 0 bridgehead atoms. The Morgan fingerprint density at radius 1 is 0.800 bits per heavy atom. The van der Waals surface area contributed by atoms with Crippen LogP contribution >= 0.6 is 0 Å². The van der Waals surface area contributed by atoms with E-state index in [2.05, 4.69) is 23.7 Å². The SMILES string of the molecule is CCOCCO[C@H](C#Cc1nc2ccc(C(C)=O)cc2nc1C#C[C@H](CC)OCCOCC)CC. The Bertz CT molecular complexity index is 1080. The first-order valence-electron chi connectivity index (χ1n) is 12.3. The quantitative estimate of drug-likeness (QED) is 0.241. The minimum atomic E-state index is -0.261. The van der Waals surface area contributed by atoms with Gasteiger partial charge in [0, 0.05) is 18.8 Å². The Morgan fingerprint density at radius 3 is 1.77 bits per heavy atom. The lowest BCUT2D eigenvalue weighted by molar-refractivity contribution is 0.0292. The van der Waals surface area contributed by atoms with Crippen LogP contribution in [0.3, 0.4) is 0 Å². The number of rotatable bonds is 13. The van der Waals surface area contributed by atoms with Gasteiger partial charge in [-0.1, -0.05) is 25.7 Å². The maximum Gasteiger partial charge on any atom is 0.159 e. The maximum atomic E-state index is 11.8. The van der Waals surface area contributed by atoms with Crippen molar-refractivity contribution in [3.63, 3.8) is 0 Å². The average Bonchev–Trinajstić information content (AvgIpc) is 2.87. The average molecular weight is 481 g/mol. The lowest BCUT2D eigenvalue weighted by Crippen LogP contribution is -2.14. The zero-order valence-electron chi connectivity index (χ0n) is 21.5. The summed E-state index contributed by atoms with van der Waals surface area (Å²) < 4.78 is 22.3. The van der Waals surface area contributed by atoms with Gasteiger partial charge in [0.1, 0.15) is 23.6 Å². The van der Waals surface area contributed by atoms with Gasteiger partial charge in [-0.3, -0.25) is 4.79 Å². The Hall–Kier alpha value is -2.81. The molecule has 0 saturated carbocycles. The third-order valence-electron chi connectivity index (χ3n) is 5.02. The number of nitrogens with zero attached hydrogens (tertiary/aromatic N) is 2. The third kappa shape index (κ3) is 9.76. The first-order chi connectivity index (χ1) is 17.0. The molecule has 0 fully saturated rings. The zero-order chi connectivity index (χ0) is 25.5. The molecule has 0 unspecified atom stereocenters. The third-order valence-corrected chi connectivity index (χ3v) is 5.02. The summed E-state index contributed by atoms with van der Waals surface area (Å²) in [6, 6.07) is 5.25. The van der Waals surface area contributed by atoms with Crippen LogP contribution in [0.4, 0.5) is 0 Å². The summed E-state index contributed by atoms with van der Waals surface area (Å²) >= 11 is 0. The second kappa shape index (κ2) is 16.0. The molecule has 2 atom stereocenters. The molecule has 1 heterocycles. The molecule has 0 amide bonds. The molecule has 1 aromatic heterocycles. The summed E-state index contributed by atoms with van der Waals surface area (Å²) in [5.41, 5.74) is 2.73. The molecule has 35 heavy (non-hydrogen) atoms. The Balaban J connectivity index is 2.37. The van der Waals surface area contributed by atoms with E-state index < -0.39 is 0 Å². The minimum Gasteiger partial charge on any atom is -0.379 e. The monoisotopic (exact) mass is 480 g/mol. The Kier molecular flexibility index (Phi) is 13.0. The number of ether oxygens (including phenoxy) is 4. The van der Waals surface area contributed by atoms with E-state index in [0.717, 1.165) is 12.8 Å². The lowest BCUT2D eigenvalue weighted by Gasteiger charge is -2.10. The first-order valence-corrected chi connectivity index (χ1v) is 12.3. The van der Waals surface area contributed by atoms with Gasteiger partial charge in [0.2, 0.25) is 0 Å². The number of fused-ring (bicyclic) bond motifs is 1. The van der Waals surface area contributed by atoms with Gasteiger partial charge in [0.25, 0.3) is 0 Å². The summed E-state index contributed by atoms with van der Waals surface area (Å²) in [7, 11) is 0. The molecular formula is C28H36N2O5. The van der Waals surface area contributed by atoms with Crippen LogP contribution < -0.4 is 0 Å². The van der Waals surface area contributed by atoms with E-state index in [-0.39, 0.29) is 18.0 Å². The minimum absolute atomic E-state index is 0.0334. The number of hydrogen-bond donors (Lipinski definition) is 0. The van der Waals surface area contributed by atoms with E-state index in [1.807, 2.05) is 27.7 Å². The van der Waals surface area contributed by atoms with Crippen LogP contribution in [0, 0.1) is 23.7 Å². The van der Waals surface area contributed by atoms with E-state index in [1.54, 1.807) is 18.2 Å². The molecule has 7 heteroatoms. The van der Waals surface area contributed by atoms with Crippen molar-refractivity contribution in [2.45, 2.75) is 59.7 Å². The summed E-state index contributed by atoms with van der Waals surface area (Å²) in [6.07, 6.45) is 0.942. The van der Waals surface area contributed by atoms with Gasteiger partial charge in [0.05, 0.1) is 37.5 Å². The molecule has 0 aliphatic heterocycles. The van der Waals surface area contributed by atoms with Crippen LogP contribution in [-0.4, -0.2) is 67.6 Å². The predicted molar refractivity (Wildman–Crippen MR) is 136 cm³/mol. The molecule has 1 aromatic carbocycles. The number of benzene rings is 1. The fourth-order valence-electron chi connectivity index (χ4n) is 3.06. The normalized spacial score (nSPS) is 12.4. The highest BCUT2D eigenvalue weighted by Gasteiger charge is 2.10. The van der Waals surface area contributed by atoms with Gasteiger partial charge in [-0.25, -0.2) is 9.97 Å². The lowest BCUT2D eigenvalue weighted by atomic mass is 10.1. The summed E-state index contributed by atoms with van der Waals surface area (Å²) in [5, 5.41) is 0. The molecule has 188 valence electrons. The second-order valence-electron chi connectivity index (χ2n) is 7.65. The van der Waals surface area contributed by atoms with Crippen LogP contribution in [0.1, 0.15) is 69.2 Å². The summed E-state index contributed by atoms with van der Waals surface area (Å²) in [5.74, 6) is 12.5. The largest absolute Gasteiger partial charge is 0.379 e. The van der Waals surface area contributed by atoms with Gasteiger partial charge in [0.15, 0.2) is 5.78 Å². The number of ketones is 1. The van der Waals surface area contributed by atoms with Crippen LogP contribution in [0.2, 0.25) is 0 Å². The fourth-order valence-corrected chi connectivity index (χ4v) is 3.06. The molecule has 2 rings (SSSR count). The number of carbonyl (C=O) groups excluding carboxylic acids is 1. The number of aromatic nitrogens is 2. The zero-order valence-corrected chi connectivity index (χ0v) is 21.5. The number of Topliss-reactive ketones (excluding diaryl/α,β-unsaturated/α-hetero) is 1. The Labute approximate surface area is 208 Å². The summed E-state index contributed by atoms with van der Waals surface area (Å²) in [4.78, 5) is 21.2. The van der Waals surface area contributed by atoms with Crippen molar-refractivity contribution in [1.82, 2.24) is 9.97 Å². The topological polar surface area (TPSA) is 79.8 Å². The van der Waals surface area contributed by atoms with Crippen molar-refractivity contribution in [2.24, 2.45) is 0 Å². The predicted octanol–water partition coefficient (Wildman–Crippen LogP) is 4.20. The molecule has 0 spiro atoms. The van der Waals surface area contributed by atoms with Crippen LogP contribution in [0.15, 0.2) is 18.2 Å².